The molecule has 0 bridgehead atoms. The fraction of sp³-hybridized carbons (Fsp3) is 0.214. The topological polar surface area (TPSA) is 37.0 Å². The van der Waals surface area contributed by atoms with Crippen molar-refractivity contribution in [2.24, 2.45) is 0 Å². The van der Waals surface area contributed by atoms with E-state index < -0.39 is 0 Å². The van der Waals surface area contributed by atoms with Crippen LogP contribution < -0.4 is 10.6 Å². The highest BCUT2D eigenvalue weighted by atomic mass is 19.1. The van der Waals surface area contributed by atoms with Gasteiger partial charge in [-0.2, -0.15) is 0 Å². The van der Waals surface area contributed by atoms with Gasteiger partial charge in [0.2, 0.25) is 0 Å². The lowest BCUT2D eigenvalue weighted by atomic mass is 10.3. The number of nitrogens with one attached hydrogen (secondary N) is 2. The lowest BCUT2D eigenvalue weighted by molar-refractivity contribution is 0.628. The number of hydrogen-bond donors (Lipinski definition) is 2. The van der Waals surface area contributed by atoms with Crippen LogP contribution in [0.3, 0.4) is 0 Å². The molecule has 1 heterocycles. The molecule has 0 radical (unpaired) electrons. The summed E-state index contributed by atoms with van der Waals surface area (Å²) >= 11 is 0. The highest BCUT2D eigenvalue weighted by Crippen LogP contribution is 2.18. The zero-order valence-corrected chi connectivity index (χ0v) is 10.3. The molecule has 0 spiro atoms. The standard InChI is InChI=1S/C14H16FN3/c1-2-8-16-14-10-13(7-9-17-14)18-12-5-3-11(15)4-6-12/h3-7,9-10H,2,8H2,1H3,(H2,16,17,18). The SMILES string of the molecule is CCCNc1cc(Nc2ccc(F)cc2)ccn1. The Morgan fingerprint density at radius 3 is 2.61 bits per heavy atom. The minimum atomic E-state index is -0.236. The average molecular weight is 245 g/mol. The van der Waals surface area contributed by atoms with Gasteiger partial charge in [0, 0.05) is 30.2 Å². The van der Waals surface area contributed by atoms with Crippen LogP contribution in [0.1, 0.15) is 13.3 Å². The Labute approximate surface area is 106 Å². The van der Waals surface area contributed by atoms with Crippen LogP contribution in [0.4, 0.5) is 21.6 Å². The quantitative estimate of drug-likeness (QED) is 0.841. The summed E-state index contributed by atoms with van der Waals surface area (Å²) in [5.41, 5.74) is 1.78. The monoisotopic (exact) mass is 245 g/mol. The molecule has 2 N–H and O–H groups in total. The molecule has 0 fully saturated rings. The van der Waals surface area contributed by atoms with Gasteiger partial charge in [0.1, 0.15) is 11.6 Å². The maximum absolute atomic E-state index is 12.8. The molecule has 0 aliphatic heterocycles. The highest BCUT2D eigenvalue weighted by molar-refractivity contribution is 5.62. The molecule has 0 unspecified atom stereocenters. The van der Waals surface area contributed by atoms with Crippen LogP contribution in [0.5, 0.6) is 0 Å². The predicted molar refractivity (Wildman–Crippen MR) is 72.7 cm³/mol. The Hall–Kier alpha value is -2.10. The second-order valence-electron chi connectivity index (χ2n) is 3.99. The number of hydrogen-bond acceptors (Lipinski definition) is 3. The Kier molecular flexibility index (Phi) is 4.12. The molecular weight excluding hydrogens is 229 g/mol. The molecule has 0 aliphatic rings. The highest BCUT2D eigenvalue weighted by Gasteiger charge is 1.98. The Balaban J connectivity index is 2.06. The molecule has 1 aromatic carbocycles. The molecule has 0 saturated carbocycles. The summed E-state index contributed by atoms with van der Waals surface area (Å²) in [5, 5.41) is 6.42. The van der Waals surface area contributed by atoms with Crippen molar-refractivity contribution in [2.75, 3.05) is 17.2 Å². The first-order chi connectivity index (χ1) is 8.78. The van der Waals surface area contributed by atoms with E-state index in [-0.39, 0.29) is 5.82 Å². The Morgan fingerprint density at radius 1 is 1.11 bits per heavy atom. The zero-order chi connectivity index (χ0) is 12.8. The van der Waals surface area contributed by atoms with Crippen LogP contribution in [0.25, 0.3) is 0 Å². The van der Waals surface area contributed by atoms with Gasteiger partial charge >= 0.3 is 0 Å². The lowest BCUT2D eigenvalue weighted by Gasteiger charge is -2.08. The molecule has 0 atom stereocenters. The summed E-state index contributed by atoms with van der Waals surface area (Å²) in [7, 11) is 0. The van der Waals surface area contributed by atoms with Gasteiger partial charge in [-0.1, -0.05) is 6.92 Å². The molecule has 3 nitrogen and oxygen atoms in total. The number of rotatable bonds is 5. The van der Waals surface area contributed by atoms with E-state index in [1.54, 1.807) is 18.3 Å². The van der Waals surface area contributed by atoms with Crippen molar-refractivity contribution < 1.29 is 4.39 Å². The van der Waals surface area contributed by atoms with E-state index in [4.69, 9.17) is 0 Å². The van der Waals surface area contributed by atoms with Crippen molar-refractivity contribution in [1.82, 2.24) is 4.98 Å². The first-order valence-electron chi connectivity index (χ1n) is 6.00. The Morgan fingerprint density at radius 2 is 1.89 bits per heavy atom. The van der Waals surface area contributed by atoms with E-state index >= 15 is 0 Å². The third kappa shape index (κ3) is 3.45. The van der Waals surface area contributed by atoms with Crippen LogP contribution in [0, 0.1) is 5.82 Å². The molecule has 0 aliphatic carbocycles. The number of nitrogens with zero attached hydrogens (tertiary/aromatic N) is 1. The fourth-order valence-corrected chi connectivity index (χ4v) is 1.56. The van der Waals surface area contributed by atoms with Crippen LogP contribution >= 0.6 is 0 Å². The molecular formula is C14H16FN3. The van der Waals surface area contributed by atoms with Gasteiger partial charge in [-0.3, -0.25) is 0 Å². The van der Waals surface area contributed by atoms with Gasteiger partial charge < -0.3 is 10.6 Å². The lowest BCUT2D eigenvalue weighted by Crippen LogP contribution is -2.02. The van der Waals surface area contributed by atoms with Gasteiger partial charge in [0.15, 0.2) is 0 Å². The molecule has 2 aromatic rings. The second kappa shape index (κ2) is 6.00. The normalized spacial score (nSPS) is 10.1. The summed E-state index contributed by atoms with van der Waals surface area (Å²) in [6.07, 6.45) is 2.79. The number of halogens is 1. The molecule has 0 amide bonds. The van der Waals surface area contributed by atoms with Crippen LogP contribution in [0.15, 0.2) is 42.6 Å². The van der Waals surface area contributed by atoms with Crippen LogP contribution in [-0.4, -0.2) is 11.5 Å². The smallest absolute Gasteiger partial charge is 0.127 e. The van der Waals surface area contributed by atoms with E-state index in [0.29, 0.717) is 0 Å². The molecule has 0 saturated heterocycles. The van der Waals surface area contributed by atoms with Gasteiger partial charge in [-0.15, -0.1) is 0 Å². The zero-order valence-electron chi connectivity index (χ0n) is 10.3. The third-order valence-electron chi connectivity index (χ3n) is 2.45. The van der Waals surface area contributed by atoms with E-state index in [1.165, 1.54) is 12.1 Å². The predicted octanol–water partition coefficient (Wildman–Crippen LogP) is 3.79. The van der Waals surface area contributed by atoms with Crippen molar-refractivity contribution in [2.45, 2.75) is 13.3 Å². The van der Waals surface area contributed by atoms with Gasteiger partial charge in [0.25, 0.3) is 0 Å². The van der Waals surface area contributed by atoms with E-state index in [9.17, 15) is 4.39 Å². The van der Waals surface area contributed by atoms with Crippen molar-refractivity contribution in [3.8, 4) is 0 Å². The molecule has 94 valence electrons. The number of anilines is 3. The van der Waals surface area contributed by atoms with Gasteiger partial charge in [0.05, 0.1) is 0 Å². The molecule has 1 aromatic heterocycles. The summed E-state index contributed by atoms with van der Waals surface area (Å²) in [5.74, 6) is 0.601. The van der Waals surface area contributed by atoms with Crippen molar-refractivity contribution in [1.29, 1.82) is 0 Å². The van der Waals surface area contributed by atoms with Crippen LogP contribution in [0.2, 0.25) is 0 Å². The third-order valence-corrected chi connectivity index (χ3v) is 2.45. The summed E-state index contributed by atoms with van der Waals surface area (Å²) in [6, 6.07) is 10.1. The minimum Gasteiger partial charge on any atom is -0.370 e. The van der Waals surface area contributed by atoms with Gasteiger partial charge in [-0.25, -0.2) is 9.37 Å². The van der Waals surface area contributed by atoms with Crippen molar-refractivity contribution in [3.05, 3.63) is 48.4 Å². The molecule has 4 heteroatoms. The van der Waals surface area contributed by atoms with Crippen LogP contribution in [-0.2, 0) is 0 Å². The van der Waals surface area contributed by atoms with Crippen molar-refractivity contribution in [3.63, 3.8) is 0 Å². The number of aromatic nitrogens is 1. The first kappa shape index (κ1) is 12.4. The van der Waals surface area contributed by atoms with E-state index in [2.05, 4.69) is 22.5 Å². The second-order valence-corrected chi connectivity index (χ2v) is 3.99. The maximum Gasteiger partial charge on any atom is 0.127 e. The minimum absolute atomic E-state index is 0.236. The first-order valence-corrected chi connectivity index (χ1v) is 6.00. The Bertz CT molecular complexity index is 497. The maximum atomic E-state index is 12.8. The van der Waals surface area contributed by atoms with E-state index in [1.807, 2.05) is 12.1 Å². The average Bonchev–Trinajstić information content (AvgIpc) is 2.40. The van der Waals surface area contributed by atoms with Gasteiger partial charge in [-0.05, 0) is 36.8 Å². The number of benzene rings is 1. The summed E-state index contributed by atoms with van der Waals surface area (Å²) in [4.78, 5) is 4.22. The number of pyridine rings is 1. The largest absolute Gasteiger partial charge is 0.370 e. The van der Waals surface area contributed by atoms with E-state index in [0.717, 1.165) is 30.2 Å². The molecule has 2 rings (SSSR count). The van der Waals surface area contributed by atoms with Crippen molar-refractivity contribution >= 4 is 17.2 Å². The summed E-state index contributed by atoms with van der Waals surface area (Å²) in [6.45, 7) is 3.00. The fourth-order valence-electron chi connectivity index (χ4n) is 1.56. The molecule has 18 heavy (non-hydrogen) atoms. The summed E-state index contributed by atoms with van der Waals surface area (Å²) < 4.78 is 12.8.